The molecule has 1 aromatic heterocycles. The fraction of sp³-hybridized carbons (Fsp3) is 0.727. The Morgan fingerprint density at radius 1 is 1.27 bits per heavy atom. The van der Waals surface area contributed by atoms with E-state index in [1.807, 2.05) is 6.20 Å². The summed E-state index contributed by atoms with van der Waals surface area (Å²) >= 11 is 6.07. The maximum absolute atomic E-state index is 4.44. The Hall–Kier alpha value is -0.0600. The van der Waals surface area contributed by atoms with Crippen molar-refractivity contribution in [2.45, 2.75) is 38.0 Å². The molecule has 1 saturated heterocycles. The summed E-state index contributed by atoms with van der Waals surface area (Å²) in [5, 5.41) is 1.25. The third kappa shape index (κ3) is 3.47. The average molecular weight is 242 g/mol. The molecule has 0 saturated carbocycles. The summed E-state index contributed by atoms with van der Waals surface area (Å²) in [6.45, 7) is 3.53. The molecule has 0 N–H and O–H groups in total. The van der Waals surface area contributed by atoms with E-state index in [0.29, 0.717) is 0 Å². The first-order valence-electron chi connectivity index (χ1n) is 5.65. The van der Waals surface area contributed by atoms with E-state index in [9.17, 15) is 0 Å². The van der Waals surface area contributed by atoms with Crippen molar-refractivity contribution in [1.29, 1.82) is 0 Å². The molecule has 4 heteroatoms. The Kier molecular flexibility index (Phi) is 4.47. The van der Waals surface area contributed by atoms with Gasteiger partial charge in [0.05, 0.1) is 6.54 Å². The summed E-state index contributed by atoms with van der Waals surface area (Å²) in [7, 11) is 0. The predicted octanol–water partition coefficient (Wildman–Crippen LogP) is 2.95. The number of hydrogen-bond donors (Lipinski definition) is 1. The van der Waals surface area contributed by atoms with Crippen LogP contribution in [0.2, 0.25) is 0 Å². The van der Waals surface area contributed by atoms with Gasteiger partial charge in [0.2, 0.25) is 0 Å². The van der Waals surface area contributed by atoms with Crippen LogP contribution in [0, 0.1) is 0 Å². The minimum Gasteiger partial charge on any atom is -0.297 e. The summed E-state index contributed by atoms with van der Waals surface area (Å²) in [4.78, 5) is 8.26. The maximum atomic E-state index is 4.44. The lowest BCUT2D eigenvalue weighted by molar-refractivity contribution is 0.276. The van der Waals surface area contributed by atoms with Gasteiger partial charge in [0.15, 0.2) is 0 Å². The van der Waals surface area contributed by atoms with Crippen LogP contribution in [0.25, 0.3) is 0 Å². The molecule has 2 heterocycles. The zero-order valence-corrected chi connectivity index (χ0v) is 10.7. The molecule has 0 atom stereocenters. The van der Waals surface area contributed by atoms with Crippen LogP contribution in [-0.2, 0) is 12.3 Å². The van der Waals surface area contributed by atoms with Crippen LogP contribution in [-0.4, -0.2) is 23.0 Å². The molecule has 1 aliphatic heterocycles. The zero-order valence-electron chi connectivity index (χ0n) is 8.98. The third-order valence-electron chi connectivity index (χ3n) is 2.81. The van der Waals surface area contributed by atoms with Gasteiger partial charge in [-0.2, -0.15) is 12.6 Å². The van der Waals surface area contributed by atoms with Gasteiger partial charge in [0.1, 0.15) is 5.01 Å². The van der Waals surface area contributed by atoms with Crippen molar-refractivity contribution < 1.29 is 0 Å². The Morgan fingerprint density at radius 2 is 2.00 bits per heavy atom. The van der Waals surface area contributed by atoms with Gasteiger partial charge >= 0.3 is 0 Å². The van der Waals surface area contributed by atoms with Crippen LogP contribution < -0.4 is 0 Å². The lowest BCUT2D eigenvalue weighted by Gasteiger charge is -2.17. The molecule has 2 nitrogen and oxygen atoms in total. The first-order valence-corrected chi connectivity index (χ1v) is 7.10. The molecule has 2 rings (SSSR count). The summed E-state index contributed by atoms with van der Waals surface area (Å²) in [6.07, 6.45) is 7.47. The van der Waals surface area contributed by atoms with E-state index in [1.54, 1.807) is 11.3 Å². The molecule has 0 aliphatic carbocycles. The first-order chi connectivity index (χ1) is 7.38. The fourth-order valence-electron chi connectivity index (χ4n) is 1.98. The Labute approximate surface area is 101 Å². The van der Waals surface area contributed by atoms with Crippen LogP contribution in [0.4, 0.5) is 0 Å². The molecule has 0 bridgehead atoms. The van der Waals surface area contributed by atoms with Crippen LogP contribution in [0.15, 0.2) is 6.20 Å². The number of likely N-dealkylation sites (tertiary alicyclic amines) is 1. The van der Waals surface area contributed by atoms with E-state index < -0.39 is 0 Å². The molecule has 0 amide bonds. The third-order valence-corrected chi connectivity index (χ3v) is 4.35. The van der Waals surface area contributed by atoms with Crippen molar-refractivity contribution in [2.24, 2.45) is 0 Å². The normalized spacial score (nSPS) is 19.0. The molecule has 1 aliphatic rings. The topological polar surface area (TPSA) is 16.1 Å². The summed E-state index contributed by atoms with van der Waals surface area (Å²) < 4.78 is 0. The summed E-state index contributed by atoms with van der Waals surface area (Å²) in [6, 6.07) is 0. The number of rotatable bonds is 3. The standard InChI is InChI=1S/C11H18N2S2/c14-9-10-7-12-11(15-10)8-13-5-3-1-2-4-6-13/h7,14H,1-6,8-9H2. The lowest BCUT2D eigenvalue weighted by atomic mass is 10.2. The molecule has 0 radical (unpaired) electrons. The molecule has 1 aromatic rings. The number of hydrogen-bond acceptors (Lipinski definition) is 4. The second kappa shape index (κ2) is 5.87. The predicted molar refractivity (Wildman–Crippen MR) is 68.5 cm³/mol. The highest BCUT2D eigenvalue weighted by Gasteiger charge is 2.11. The monoisotopic (exact) mass is 242 g/mol. The van der Waals surface area contributed by atoms with Crippen molar-refractivity contribution in [3.63, 3.8) is 0 Å². The van der Waals surface area contributed by atoms with E-state index in [4.69, 9.17) is 0 Å². The minimum absolute atomic E-state index is 0.817. The van der Waals surface area contributed by atoms with E-state index >= 15 is 0 Å². The quantitative estimate of drug-likeness (QED) is 0.820. The second-order valence-corrected chi connectivity index (χ2v) is 5.58. The van der Waals surface area contributed by atoms with Crippen molar-refractivity contribution in [3.05, 3.63) is 16.1 Å². The van der Waals surface area contributed by atoms with Crippen molar-refractivity contribution in [1.82, 2.24) is 9.88 Å². The van der Waals surface area contributed by atoms with E-state index in [2.05, 4.69) is 22.5 Å². The molecule has 0 unspecified atom stereocenters. The van der Waals surface area contributed by atoms with E-state index in [1.165, 1.54) is 48.7 Å². The van der Waals surface area contributed by atoms with Crippen molar-refractivity contribution in [3.8, 4) is 0 Å². The molecule has 0 spiro atoms. The van der Waals surface area contributed by atoms with Crippen LogP contribution in [0.5, 0.6) is 0 Å². The molecule has 84 valence electrons. The molecule has 1 fully saturated rings. The van der Waals surface area contributed by atoms with Gasteiger partial charge in [0.25, 0.3) is 0 Å². The highest BCUT2D eigenvalue weighted by Crippen LogP contribution is 2.18. The smallest absolute Gasteiger partial charge is 0.107 e. The van der Waals surface area contributed by atoms with Gasteiger partial charge in [-0.25, -0.2) is 4.98 Å². The van der Waals surface area contributed by atoms with E-state index in [0.717, 1.165) is 12.3 Å². The highest BCUT2D eigenvalue weighted by atomic mass is 32.1. The van der Waals surface area contributed by atoms with Crippen molar-refractivity contribution in [2.75, 3.05) is 13.1 Å². The zero-order chi connectivity index (χ0) is 10.5. The van der Waals surface area contributed by atoms with Gasteiger partial charge in [-0.15, -0.1) is 11.3 Å². The molecule has 15 heavy (non-hydrogen) atoms. The van der Waals surface area contributed by atoms with E-state index in [-0.39, 0.29) is 0 Å². The SMILES string of the molecule is SCc1cnc(CN2CCCCCC2)s1. The number of aromatic nitrogens is 1. The van der Waals surface area contributed by atoms with Gasteiger partial charge in [-0.05, 0) is 25.9 Å². The minimum atomic E-state index is 0.817. The number of thiazole rings is 1. The van der Waals surface area contributed by atoms with Gasteiger partial charge in [0, 0.05) is 16.8 Å². The fourth-order valence-corrected chi connectivity index (χ4v) is 3.08. The molecular weight excluding hydrogens is 224 g/mol. The van der Waals surface area contributed by atoms with Crippen LogP contribution >= 0.6 is 24.0 Å². The average Bonchev–Trinajstić information content (AvgIpc) is 2.54. The highest BCUT2D eigenvalue weighted by molar-refractivity contribution is 7.79. The first kappa shape index (κ1) is 11.4. The number of thiol groups is 1. The summed E-state index contributed by atoms with van der Waals surface area (Å²) in [5.41, 5.74) is 0. The van der Waals surface area contributed by atoms with Crippen LogP contribution in [0.3, 0.4) is 0 Å². The number of nitrogens with zero attached hydrogens (tertiary/aromatic N) is 2. The Balaban J connectivity index is 1.89. The van der Waals surface area contributed by atoms with Crippen molar-refractivity contribution >= 4 is 24.0 Å². The second-order valence-electron chi connectivity index (χ2n) is 4.07. The Morgan fingerprint density at radius 3 is 2.60 bits per heavy atom. The Bertz CT molecular complexity index is 291. The maximum Gasteiger partial charge on any atom is 0.107 e. The van der Waals surface area contributed by atoms with Crippen LogP contribution in [0.1, 0.15) is 35.6 Å². The summed E-state index contributed by atoms with van der Waals surface area (Å²) in [5.74, 6) is 0.817. The molecular formula is C11H18N2S2. The lowest BCUT2D eigenvalue weighted by Crippen LogP contribution is -2.23. The van der Waals surface area contributed by atoms with Gasteiger partial charge in [-0.3, -0.25) is 4.90 Å². The van der Waals surface area contributed by atoms with Gasteiger partial charge < -0.3 is 0 Å². The largest absolute Gasteiger partial charge is 0.297 e. The molecule has 0 aromatic carbocycles. The van der Waals surface area contributed by atoms with Gasteiger partial charge in [-0.1, -0.05) is 12.8 Å².